The SMILES string of the molecule is CN=C(NCC1(SC)CCOCC1)N1CCN(CC(=O)N2CCCCC2)CC1.I. The summed E-state index contributed by atoms with van der Waals surface area (Å²) in [6.07, 6.45) is 7.96. The zero-order valence-corrected chi connectivity index (χ0v) is 21.2. The highest BCUT2D eigenvalue weighted by Crippen LogP contribution is 2.33. The Bertz CT molecular complexity index is 531. The van der Waals surface area contributed by atoms with Gasteiger partial charge in [-0.1, -0.05) is 0 Å². The van der Waals surface area contributed by atoms with E-state index in [4.69, 9.17) is 4.74 Å². The van der Waals surface area contributed by atoms with Gasteiger partial charge in [-0.25, -0.2) is 0 Å². The number of aliphatic imine (C=N–C) groups is 1. The van der Waals surface area contributed by atoms with Crippen molar-refractivity contribution in [2.24, 2.45) is 4.99 Å². The van der Waals surface area contributed by atoms with Crippen molar-refractivity contribution in [2.75, 3.05) is 78.9 Å². The minimum atomic E-state index is 0. The van der Waals surface area contributed by atoms with Crippen LogP contribution < -0.4 is 5.32 Å². The third kappa shape index (κ3) is 7.14. The summed E-state index contributed by atoms with van der Waals surface area (Å²) in [5.41, 5.74) is 0. The molecule has 9 heteroatoms. The molecule has 7 nitrogen and oxygen atoms in total. The van der Waals surface area contributed by atoms with Gasteiger partial charge in [0, 0.05) is 70.8 Å². The van der Waals surface area contributed by atoms with E-state index in [1.54, 1.807) is 0 Å². The molecule has 3 aliphatic heterocycles. The molecule has 0 unspecified atom stereocenters. The van der Waals surface area contributed by atoms with Gasteiger partial charge in [-0.15, -0.1) is 24.0 Å². The summed E-state index contributed by atoms with van der Waals surface area (Å²) in [6, 6.07) is 0. The lowest BCUT2D eigenvalue weighted by Gasteiger charge is -2.40. The third-order valence-electron chi connectivity index (χ3n) is 6.36. The maximum atomic E-state index is 12.5. The number of ether oxygens (including phenoxy) is 1. The minimum absolute atomic E-state index is 0. The van der Waals surface area contributed by atoms with Crippen LogP contribution in [0.25, 0.3) is 0 Å². The van der Waals surface area contributed by atoms with Crippen LogP contribution in [0.4, 0.5) is 0 Å². The summed E-state index contributed by atoms with van der Waals surface area (Å²) in [4.78, 5) is 23.7. The molecule has 0 saturated carbocycles. The highest BCUT2D eigenvalue weighted by Gasteiger charge is 2.32. The van der Waals surface area contributed by atoms with Crippen LogP contribution >= 0.6 is 35.7 Å². The molecule has 3 fully saturated rings. The zero-order chi connectivity index (χ0) is 19.8. The van der Waals surface area contributed by atoms with E-state index in [9.17, 15) is 4.79 Å². The number of nitrogens with zero attached hydrogens (tertiary/aromatic N) is 4. The lowest BCUT2D eigenvalue weighted by Crippen LogP contribution is -2.56. The molecule has 1 N–H and O–H groups in total. The second kappa shape index (κ2) is 12.6. The molecule has 3 rings (SSSR count). The van der Waals surface area contributed by atoms with Gasteiger partial charge in [0.15, 0.2) is 5.96 Å². The van der Waals surface area contributed by atoms with Crippen molar-refractivity contribution in [3.63, 3.8) is 0 Å². The summed E-state index contributed by atoms with van der Waals surface area (Å²) < 4.78 is 5.79. The predicted molar refractivity (Wildman–Crippen MR) is 132 cm³/mol. The number of nitrogens with one attached hydrogen (secondary N) is 1. The molecule has 3 heterocycles. The van der Waals surface area contributed by atoms with E-state index >= 15 is 0 Å². The normalized spacial score (nSPS) is 23.4. The molecule has 0 bridgehead atoms. The van der Waals surface area contributed by atoms with Crippen LogP contribution in [0.1, 0.15) is 32.1 Å². The molecule has 0 aromatic carbocycles. The van der Waals surface area contributed by atoms with Gasteiger partial charge in [0.05, 0.1) is 6.54 Å². The van der Waals surface area contributed by atoms with Crippen LogP contribution in [0.3, 0.4) is 0 Å². The monoisotopic (exact) mass is 539 g/mol. The molecule has 0 radical (unpaired) electrons. The number of hydrogen-bond donors (Lipinski definition) is 1. The molecule has 29 heavy (non-hydrogen) atoms. The van der Waals surface area contributed by atoms with Crippen molar-refractivity contribution in [2.45, 2.75) is 36.9 Å². The van der Waals surface area contributed by atoms with Crippen LogP contribution in [0.15, 0.2) is 4.99 Å². The van der Waals surface area contributed by atoms with Crippen LogP contribution in [-0.4, -0.2) is 110 Å². The Hall–Kier alpha value is -0.260. The summed E-state index contributed by atoms with van der Waals surface area (Å²) in [5, 5.41) is 3.61. The van der Waals surface area contributed by atoms with Gasteiger partial charge in [-0.05, 0) is 38.4 Å². The first-order chi connectivity index (χ1) is 13.7. The first-order valence-electron chi connectivity index (χ1n) is 10.7. The molecule has 0 aliphatic carbocycles. The number of carbonyl (C=O) groups excluding carboxylic acids is 1. The van der Waals surface area contributed by atoms with Crippen LogP contribution in [0.2, 0.25) is 0 Å². The lowest BCUT2D eigenvalue weighted by atomic mass is 9.99. The maximum Gasteiger partial charge on any atom is 0.236 e. The van der Waals surface area contributed by atoms with Crippen molar-refractivity contribution in [3.8, 4) is 0 Å². The number of hydrogen-bond acceptors (Lipinski definition) is 5. The van der Waals surface area contributed by atoms with E-state index in [0.29, 0.717) is 12.5 Å². The number of rotatable bonds is 5. The number of thioether (sulfide) groups is 1. The number of piperidine rings is 1. The Morgan fingerprint density at radius 3 is 2.28 bits per heavy atom. The average molecular weight is 540 g/mol. The van der Waals surface area contributed by atoms with Gasteiger partial charge in [0.2, 0.25) is 5.91 Å². The minimum Gasteiger partial charge on any atom is -0.381 e. The van der Waals surface area contributed by atoms with Crippen molar-refractivity contribution in [1.29, 1.82) is 0 Å². The predicted octanol–water partition coefficient (Wildman–Crippen LogP) is 1.72. The molecule has 168 valence electrons. The number of piperazine rings is 1. The Balaban J connectivity index is 0.00000300. The number of amides is 1. The number of halogens is 1. The second-order valence-corrected chi connectivity index (χ2v) is 9.38. The molecule has 1 amide bonds. The molecule has 0 aromatic heterocycles. The summed E-state index contributed by atoms with van der Waals surface area (Å²) in [6.45, 7) is 8.76. The second-order valence-electron chi connectivity index (χ2n) is 8.10. The summed E-state index contributed by atoms with van der Waals surface area (Å²) in [5.74, 6) is 1.29. The van der Waals surface area contributed by atoms with Crippen LogP contribution in [0, 0.1) is 0 Å². The van der Waals surface area contributed by atoms with E-state index in [-0.39, 0.29) is 28.7 Å². The first kappa shape index (κ1) is 25.0. The lowest BCUT2D eigenvalue weighted by molar-refractivity contribution is -0.133. The fourth-order valence-electron chi connectivity index (χ4n) is 4.32. The number of guanidine groups is 1. The number of likely N-dealkylation sites (tertiary alicyclic amines) is 1. The Labute approximate surface area is 197 Å². The third-order valence-corrected chi connectivity index (χ3v) is 7.78. The molecule has 0 spiro atoms. The Morgan fingerprint density at radius 2 is 1.69 bits per heavy atom. The first-order valence-corrected chi connectivity index (χ1v) is 12.0. The topological polar surface area (TPSA) is 60.4 Å². The molecule has 3 saturated heterocycles. The van der Waals surface area contributed by atoms with Crippen LogP contribution in [-0.2, 0) is 9.53 Å². The van der Waals surface area contributed by atoms with E-state index in [1.165, 1.54) is 6.42 Å². The van der Waals surface area contributed by atoms with Gasteiger partial charge in [0.25, 0.3) is 0 Å². The van der Waals surface area contributed by atoms with Gasteiger partial charge in [-0.3, -0.25) is 14.7 Å². The smallest absolute Gasteiger partial charge is 0.236 e. The average Bonchev–Trinajstić information content (AvgIpc) is 2.76. The summed E-state index contributed by atoms with van der Waals surface area (Å²) in [7, 11) is 1.87. The van der Waals surface area contributed by atoms with E-state index in [0.717, 1.165) is 90.7 Å². The highest BCUT2D eigenvalue weighted by atomic mass is 127. The molecular weight excluding hydrogens is 501 g/mol. The van der Waals surface area contributed by atoms with Crippen molar-refractivity contribution < 1.29 is 9.53 Å². The van der Waals surface area contributed by atoms with Crippen molar-refractivity contribution in [3.05, 3.63) is 0 Å². The van der Waals surface area contributed by atoms with Crippen molar-refractivity contribution >= 4 is 47.6 Å². The van der Waals surface area contributed by atoms with E-state index < -0.39 is 0 Å². The molecule has 3 aliphatic rings. The Morgan fingerprint density at radius 1 is 1.03 bits per heavy atom. The van der Waals surface area contributed by atoms with Gasteiger partial charge < -0.3 is 19.9 Å². The fraction of sp³-hybridized carbons (Fsp3) is 0.900. The number of carbonyl (C=O) groups is 1. The quantitative estimate of drug-likeness (QED) is 0.326. The summed E-state index contributed by atoms with van der Waals surface area (Å²) >= 11 is 1.95. The standard InChI is InChI=1S/C20H37N5O2S.HI/c1-21-19(22-17-20(28-2)6-14-27-15-7-20)25-12-10-23(11-13-25)16-18(26)24-8-4-3-5-9-24;/h3-17H2,1-2H3,(H,21,22);1H. The van der Waals surface area contributed by atoms with Gasteiger partial charge in [0.1, 0.15) is 0 Å². The van der Waals surface area contributed by atoms with E-state index in [1.807, 2.05) is 23.7 Å². The van der Waals surface area contributed by atoms with Crippen molar-refractivity contribution in [1.82, 2.24) is 20.0 Å². The zero-order valence-electron chi connectivity index (χ0n) is 18.0. The van der Waals surface area contributed by atoms with Gasteiger partial charge >= 0.3 is 0 Å². The van der Waals surface area contributed by atoms with Crippen LogP contribution in [0.5, 0.6) is 0 Å². The molecule has 0 aromatic rings. The Kier molecular flexibility index (Phi) is 10.8. The molecular formula is C20H38IN5O2S. The molecule has 0 atom stereocenters. The highest BCUT2D eigenvalue weighted by molar-refractivity contribution is 14.0. The largest absolute Gasteiger partial charge is 0.381 e. The fourth-order valence-corrected chi connectivity index (χ4v) is 5.11. The van der Waals surface area contributed by atoms with Gasteiger partial charge in [-0.2, -0.15) is 11.8 Å². The van der Waals surface area contributed by atoms with E-state index in [2.05, 4.69) is 26.4 Å². The maximum absolute atomic E-state index is 12.5.